The van der Waals surface area contributed by atoms with Crippen LogP contribution in [0.5, 0.6) is 0 Å². The normalized spacial score (nSPS) is 19.3. The zero-order valence-corrected chi connectivity index (χ0v) is 41.1. The molecule has 74 heavy (non-hydrogen) atoms. The average Bonchev–Trinajstić information content (AvgIpc) is 3.36. The number of thioether (sulfide) groups is 2. The lowest BCUT2D eigenvalue weighted by atomic mass is 9.91. The van der Waals surface area contributed by atoms with Gasteiger partial charge in [0.05, 0.1) is 35.3 Å². The highest BCUT2D eigenvalue weighted by atomic mass is 32.2. The Morgan fingerprint density at radius 3 is 0.986 bits per heavy atom. The number of amides is 2. The number of hydrogen-bond donors (Lipinski definition) is 2. The van der Waals surface area contributed by atoms with Gasteiger partial charge < -0.3 is 20.0 Å². The minimum Gasteiger partial charge on any atom is -0.369 e. The first kappa shape index (κ1) is 55.8. The van der Waals surface area contributed by atoms with Crippen molar-refractivity contribution in [1.82, 2.24) is 0 Å². The monoisotopic (exact) mass is 1080 g/mol. The summed E-state index contributed by atoms with van der Waals surface area (Å²) in [6.07, 6.45) is -24.0. The molecule has 2 aliphatic heterocycles. The fraction of sp³-hybridized carbons (Fsp3) is 0.296. The number of alkyl halides is 12. The van der Waals surface area contributed by atoms with Gasteiger partial charge in [0.15, 0.2) is 0 Å². The summed E-state index contributed by atoms with van der Waals surface area (Å²) < 4.78 is 162. The predicted octanol–water partition coefficient (Wildman–Crippen LogP) is 14.7. The SMILES string of the molecule is C[C@H](C(=O)N1c2ccc(C(O)(C(F)(F)F)C(F)(F)F)cc2S[C@@H](C)C1c1ccccc1)c1ccccc1.C[C@H](C(=O)N1c2ccc(C(O)(C(F)(F)F)C(F)(F)F)cc2S[C@H](C)[C@@H]1c1ccccc1)c1ccccc1. The van der Waals surface area contributed by atoms with Crippen LogP contribution in [0.15, 0.2) is 168 Å². The van der Waals surface area contributed by atoms with Crippen molar-refractivity contribution in [3.63, 3.8) is 0 Å². The van der Waals surface area contributed by atoms with E-state index in [0.29, 0.717) is 35.4 Å². The molecular weight excluding hydrogens is 1030 g/mol. The topological polar surface area (TPSA) is 81.1 Å². The molecule has 6 aromatic rings. The van der Waals surface area contributed by atoms with Crippen LogP contribution in [-0.4, -0.2) is 57.2 Å². The van der Waals surface area contributed by atoms with E-state index in [1.807, 2.05) is 24.3 Å². The molecule has 0 aromatic heterocycles. The number of carbonyl (C=O) groups excluding carboxylic acids is 2. The molecule has 0 saturated carbocycles. The Hall–Kier alpha value is -5.96. The second kappa shape index (κ2) is 21.0. The van der Waals surface area contributed by atoms with Gasteiger partial charge in [0.1, 0.15) is 0 Å². The highest BCUT2D eigenvalue weighted by Gasteiger charge is 2.72. The Labute approximate surface area is 426 Å². The quantitative estimate of drug-likeness (QED) is 0.148. The number of rotatable bonds is 8. The van der Waals surface area contributed by atoms with Gasteiger partial charge >= 0.3 is 24.7 Å². The molecule has 2 heterocycles. The van der Waals surface area contributed by atoms with Crippen molar-refractivity contribution in [3.8, 4) is 0 Å². The Morgan fingerprint density at radius 2 is 0.716 bits per heavy atom. The molecule has 0 fully saturated rings. The van der Waals surface area contributed by atoms with E-state index < -0.39 is 81.5 Å². The minimum absolute atomic E-state index is 0.0396. The van der Waals surface area contributed by atoms with E-state index in [1.165, 1.54) is 9.80 Å². The van der Waals surface area contributed by atoms with Crippen LogP contribution in [0, 0.1) is 0 Å². The number of carbonyl (C=O) groups is 2. The number of fused-ring (bicyclic) bond motifs is 2. The summed E-state index contributed by atoms with van der Waals surface area (Å²) in [6, 6.07) is 39.5. The summed E-state index contributed by atoms with van der Waals surface area (Å²) in [5.41, 5.74) is -9.48. The summed E-state index contributed by atoms with van der Waals surface area (Å²) in [6.45, 7) is 6.91. The smallest absolute Gasteiger partial charge is 0.369 e. The zero-order chi connectivity index (χ0) is 54.3. The number of anilines is 2. The molecule has 6 atom stereocenters. The molecule has 392 valence electrons. The Bertz CT molecular complexity index is 2700. The third-order valence-corrected chi connectivity index (χ3v) is 15.5. The molecule has 0 radical (unpaired) electrons. The Morgan fingerprint density at radius 1 is 0.446 bits per heavy atom. The molecule has 2 N–H and O–H groups in total. The Balaban J connectivity index is 0.000000216. The van der Waals surface area contributed by atoms with Crippen molar-refractivity contribution >= 4 is 46.7 Å². The van der Waals surface area contributed by atoms with Crippen molar-refractivity contribution in [3.05, 3.63) is 191 Å². The molecule has 0 saturated heterocycles. The highest BCUT2D eigenvalue weighted by Crippen LogP contribution is 2.56. The minimum atomic E-state index is -6.01. The van der Waals surface area contributed by atoms with Crippen LogP contribution in [0.1, 0.15) is 85.0 Å². The third kappa shape index (κ3) is 10.4. The fourth-order valence-corrected chi connectivity index (χ4v) is 11.7. The maximum absolute atomic E-state index is 13.9. The van der Waals surface area contributed by atoms with E-state index in [2.05, 4.69) is 0 Å². The first-order valence-corrected chi connectivity index (χ1v) is 24.5. The second-order valence-electron chi connectivity index (χ2n) is 17.8. The third-order valence-electron chi connectivity index (χ3n) is 13.1. The van der Waals surface area contributed by atoms with Gasteiger partial charge in [-0.05, 0) is 60.4 Å². The molecular formula is C54H46F12N2O4S2. The van der Waals surface area contributed by atoms with Crippen molar-refractivity contribution < 1.29 is 72.5 Å². The van der Waals surface area contributed by atoms with Crippen molar-refractivity contribution in [1.29, 1.82) is 0 Å². The molecule has 20 heteroatoms. The lowest BCUT2D eigenvalue weighted by molar-refractivity contribution is -0.376. The lowest BCUT2D eigenvalue weighted by Crippen LogP contribution is -2.54. The van der Waals surface area contributed by atoms with Gasteiger partial charge in [-0.1, -0.05) is 147 Å². The first-order valence-electron chi connectivity index (χ1n) is 22.7. The molecule has 0 bridgehead atoms. The number of aliphatic hydroxyl groups is 2. The molecule has 2 amide bonds. The van der Waals surface area contributed by atoms with E-state index >= 15 is 0 Å². The largest absolute Gasteiger partial charge is 0.430 e. The maximum atomic E-state index is 13.9. The summed E-state index contributed by atoms with van der Waals surface area (Å²) in [4.78, 5) is 30.8. The molecule has 0 spiro atoms. The maximum Gasteiger partial charge on any atom is 0.430 e. The van der Waals surface area contributed by atoms with E-state index in [9.17, 15) is 72.5 Å². The molecule has 1 unspecified atom stereocenters. The van der Waals surface area contributed by atoms with Gasteiger partial charge in [-0.25, -0.2) is 0 Å². The predicted molar refractivity (Wildman–Crippen MR) is 259 cm³/mol. The van der Waals surface area contributed by atoms with Crippen LogP contribution in [0.3, 0.4) is 0 Å². The van der Waals surface area contributed by atoms with Gasteiger partial charge in [-0.2, -0.15) is 52.7 Å². The van der Waals surface area contributed by atoms with Crippen molar-refractivity contribution in [2.75, 3.05) is 9.80 Å². The standard InChI is InChI=1S/2C27H23F6NO2S/c2*1-16(18-9-5-3-6-10-18)24(35)34-21-14-13-20(25(36,26(28,29)30)27(31,32)33)15-22(21)37-17(2)23(34)19-11-7-4-8-12-19/h2*3-17,23,36H,1-2H3/t16-,17+,23+;16-,17-,23?/m00/s1. The lowest BCUT2D eigenvalue weighted by Gasteiger charge is -2.43. The van der Waals surface area contributed by atoms with Crippen molar-refractivity contribution in [2.45, 2.75) is 108 Å². The van der Waals surface area contributed by atoms with Gasteiger partial charge in [0.25, 0.3) is 11.2 Å². The zero-order valence-electron chi connectivity index (χ0n) is 39.4. The number of benzene rings is 6. The van der Waals surface area contributed by atoms with E-state index in [-0.39, 0.29) is 33.0 Å². The average molecular weight is 1080 g/mol. The molecule has 2 aliphatic rings. The van der Waals surface area contributed by atoms with Gasteiger partial charge in [-0.15, -0.1) is 23.5 Å². The van der Waals surface area contributed by atoms with Gasteiger partial charge in [0, 0.05) is 31.4 Å². The summed E-state index contributed by atoms with van der Waals surface area (Å²) in [5, 5.41) is 19.0. The van der Waals surface area contributed by atoms with Crippen LogP contribution in [-0.2, 0) is 20.8 Å². The summed E-state index contributed by atoms with van der Waals surface area (Å²) >= 11 is 2.11. The molecule has 8 rings (SSSR count). The van der Waals surface area contributed by atoms with Crippen LogP contribution < -0.4 is 9.80 Å². The summed E-state index contributed by atoms with van der Waals surface area (Å²) in [7, 11) is 0. The van der Waals surface area contributed by atoms with E-state index in [0.717, 1.165) is 46.8 Å². The molecule has 6 aromatic carbocycles. The molecule has 6 nitrogen and oxygen atoms in total. The first-order chi connectivity index (χ1) is 34.5. The van der Waals surface area contributed by atoms with E-state index in [1.54, 1.807) is 125 Å². The highest BCUT2D eigenvalue weighted by molar-refractivity contribution is 8.00. The van der Waals surface area contributed by atoms with Crippen LogP contribution in [0.25, 0.3) is 0 Å². The second-order valence-corrected chi connectivity index (χ2v) is 20.7. The Kier molecular flexibility index (Phi) is 15.8. The van der Waals surface area contributed by atoms with Gasteiger partial charge in [-0.3, -0.25) is 9.59 Å². The summed E-state index contributed by atoms with van der Waals surface area (Å²) in [5.74, 6) is -2.00. The van der Waals surface area contributed by atoms with Crippen LogP contribution in [0.2, 0.25) is 0 Å². The van der Waals surface area contributed by atoms with E-state index in [4.69, 9.17) is 0 Å². The number of hydrogen-bond acceptors (Lipinski definition) is 6. The van der Waals surface area contributed by atoms with Gasteiger partial charge in [0.2, 0.25) is 11.8 Å². The number of nitrogens with zero attached hydrogens (tertiary/aromatic N) is 2. The van der Waals surface area contributed by atoms with Crippen LogP contribution in [0.4, 0.5) is 64.1 Å². The van der Waals surface area contributed by atoms with Crippen LogP contribution >= 0.6 is 23.5 Å². The fourth-order valence-electron chi connectivity index (χ4n) is 9.13. The molecule has 0 aliphatic carbocycles. The van der Waals surface area contributed by atoms with Crippen molar-refractivity contribution in [2.24, 2.45) is 0 Å². The number of halogens is 12.